The molecule has 0 saturated carbocycles. The van der Waals surface area contributed by atoms with Gasteiger partial charge in [-0.15, -0.1) is 0 Å². The fourth-order valence-corrected chi connectivity index (χ4v) is 4.80. The van der Waals surface area contributed by atoms with Crippen LogP contribution >= 0.6 is 11.6 Å². The number of amides is 1. The molecule has 1 aliphatic heterocycles. The second kappa shape index (κ2) is 9.74. The molecule has 2 heterocycles. The Balaban J connectivity index is 1.98. The van der Waals surface area contributed by atoms with Crippen LogP contribution in [0.15, 0.2) is 41.4 Å². The maximum Gasteiger partial charge on any atom is 0.257 e. The third kappa shape index (κ3) is 4.92. The molecule has 0 radical (unpaired) electrons. The highest BCUT2D eigenvalue weighted by Crippen LogP contribution is 2.31. The maximum atomic E-state index is 13.1. The summed E-state index contributed by atoms with van der Waals surface area (Å²) in [6, 6.07) is 7.92. The van der Waals surface area contributed by atoms with Gasteiger partial charge in [-0.05, 0) is 44.2 Å². The van der Waals surface area contributed by atoms with Crippen LogP contribution in [0, 0.1) is 0 Å². The van der Waals surface area contributed by atoms with Crippen molar-refractivity contribution in [3.63, 3.8) is 0 Å². The Bertz CT molecular complexity index is 988. The first-order valence-electron chi connectivity index (χ1n) is 9.76. The summed E-state index contributed by atoms with van der Waals surface area (Å²) in [6.07, 6.45) is 1.38. The number of carbonyl (C=O) groups is 1. The Labute approximate surface area is 181 Å². The van der Waals surface area contributed by atoms with Gasteiger partial charge in [-0.2, -0.15) is 4.31 Å². The summed E-state index contributed by atoms with van der Waals surface area (Å²) in [4.78, 5) is 18.9. The molecule has 10 heteroatoms. The molecule has 0 spiro atoms. The minimum absolute atomic E-state index is 0.129. The van der Waals surface area contributed by atoms with Crippen molar-refractivity contribution in [3.05, 3.63) is 47.2 Å². The summed E-state index contributed by atoms with van der Waals surface area (Å²) >= 11 is 5.80. The predicted octanol–water partition coefficient (Wildman–Crippen LogP) is 2.85. The lowest BCUT2D eigenvalue weighted by molar-refractivity contribution is 0.0730. The summed E-state index contributed by atoms with van der Waals surface area (Å²) < 4.78 is 32.8. The smallest absolute Gasteiger partial charge is 0.257 e. The Morgan fingerprint density at radius 2 is 1.90 bits per heavy atom. The molecular formula is C20H25ClN4O4S. The van der Waals surface area contributed by atoms with Gasteiger partial charge in [0.05, 0.1) is 35.0 Å². The van der Waals surface area contributed by atoms with Crippen molar-refractivity contribution in [3.8, 4) is 0 Å². The standard InChI is InChI=1S/C20H25ClN4O4S/c1-3-24(4-2)18-7-6-16(30(27,28)25-9-11-29-12-10-25)13-17(18)23-20(26)15-5-8-19(21)22-14-15/h5-8,13-14H,3-4,9-12H2,1-2H3,(H,23,26). The molecule has 1 aromatic heterocycles. The minimum atomic E-state index is -3.69. The number of rotatable bonds is 7. The lowest BCUT2D eigenvalue weighted by Gasteiger charge is -2.28. The molecule has 1 saturated heterocycles. The number of ether oxygens (including phenoxy) is 1. The van der Waals surface area contributed by atoms with Crippen LogP contribution in [0.4, 0.5) is 11.4 Å². The van der Waals surface area contributed by atoms with E-state index in [1.165, 1.54) is 22.6 Å². The number of nitrogens with zero attached hydrogens (tertiary/aromatic N) is 3. The molecule has 8 nitrogen and oxygen atoms in total. The van der Waals surface area contributed by atoms with Crippen LogP contribution in [0.1, 0.15) is 24.2 Å². The summed E-state index contributed by atoms with van der Waals surface area (Å²) in [7, 11) is -3.69. The minimum Gasteiger partial charge on any atom is -0.379 e. The number of halogens is 1. The molecule has 0 bridgehead atoms. The van der Waals surface area contributed by atoms with Crippen LogP contribution in [0.5, 0.6) is 0 Å². The second-order valence-electron chi connectivity index (χ2n) is 6.69. The Hall–Kier alpha value is -2.20. The molecule has 30 heavy (non-hydrogen) atoms. The van der Waals surface area contributed by atoms with Gasteiger partial charge in [0.25, 0.3) is 5.91 Å². The molecular weight excluding hydrogens is 428 g/mol. The lowest BCUT2D eigenvalue weighted by atomic mass is 10.2. The number of sulfonamides is 1. The van der Waals surface area contributed by atoms with Crippen molar-refractivity contribution in [2.24, 2.45) is 0 Å². The molecule has 0 aliphatic carbocycles. The highest BCUT2D eigenvalue weighted by molar-refractivity contribution is 7.89. The highest BCUT2D eigenvalue weighted by atomic mass is 35.5. The third-order valence-corrected chi connectivity index (χ3v) is 7.04. The van der Waals surface area contributed by atoms with E-state index in [0.717, 1.165) is 5.69 Å². The van der Waals surface area contributed by atoms with Crippen molar-refractivity contribution >= 4 is 38.9 Å². The van der Waals surface area contributed by atoms with E-state index in [1.807, 2.05) is 18.7 Å². The highest BCUT2D eigenvalue weighted by Gasteiger charge is 2.27. The first kappa shape index (κ1) is 22.5. The summed E-state index contributed by atoms with van der Waals surface area (Å²) in [6.45, 7) is 6.74. The Kier molecular flexibility index (Phi) is 7.30. The molecule has 1 aromatic carbocycles. The molecule has 2 aromatic rings. The van der Waals surface area contributed by atoms with Crippen LogP contribution in [0.2, 0.25) is 5.15 Å². The van der Waals surface area contributed by atoms with Gasteiger partial charge in [-0.1, -0.05) is 11.6 Å². The molecule has 1 aliphatic rings. The maximum absolute atomic E-state index is 13.1. The number of anilines is 2. The molecule has 1 N–H and O–H groups in total. The zero-order chi connectivity index (χ0) is 21.7. The van der Waals surface area contributed by atoms with Gasteiger partial charge in [0.15, 0.2) is 0 Å². The summed E-state index contributed by atoms with van der Waals surface area (Å²) in [5.41, 5.74) is 1.50. The van der Waals surface area contributed by atoms with Gasteiger partial charge in [0.2, 0.25) is 10.0 Å². The molecule has 162 valence electrons. The fourth-order valence-electron chi connectivity index (χ4n) is 3.26. The fraction of sp³-hybridized carbons (Fsp3) is 0.400. The zero-order valence-electron chi connectivity index (χ0n) is 17.0. The molecule has 3 rings (SSSR count). The van der Waals surface area contributed by atoms with E-state index in [0.29, 0.717) is 50.6 Å². The zero-order valence-corrected chi connectivity index (χ0v) is 18.5. The molecule has 0 atom stereocenters. The normalized spacial score (nSPS) is 15.0. The van der Waals surface area contributed by atoms with Gasteiger partial charge < -0.3 is 15.0 Å². The number of aromatic nitrogens is 1. The number of benzene rings is 1. The van der Waals surface area contributed by atoms with Crippen molar-refractivity contribution in [2.75, 3.05) is 49.6 Å². The van der Waals surface area contributed by atoms with Crippen molar-refractivity contribution in [1.29, 1.82) is 0 Å². The summed E-state index contributed by atoms with van der Waals surface area (Å²) in [5.74, 6) is -0.395. The van der Waals surface area contributed by atoms with Gasteiger partial charge in [-0.3, -0.25) is 4.79 Å². The van der Waals surface area contributed by atoms with E-state index in [9.17, 15) is 13.2 Å². The number of carbonyl (C=O) groups excluding carboxylic acids is 1. The van der Waals surface area contributed by atoms with Crippen molar-refractivity contribution in [1.82, 2.24) is 9.29 Å². The number of morpholine rings is 1. The SMILES string of the molecule is CCN(CC)c1ccc(S(=O)(=O)N2CCOCC2)cc1NC(=O)c1ccc(Cl)nc1. The van der Waals surface area contributed by atoms with Crippen LogP contribution in [0.3, 0.4) is 0 Å². The number of hydrogen-bond acceptors (Lipinski definition) is 6. The van der Waals surface area contributed by atoms with E-state index in [2.05, 4.69) is 10.3 Å². The van der Waals surface area contributed by atoms with E-state index in [4.69, 9.17) is 16.3 Å². The third-order valence-electron chi connectivity index (χ3n) is 4.92. The van der Waals surface area contributed by atoms with E-state index in [-0.39, 0.29) is 10.0 Å². The van der Waals surface area contributed by atoms with E-state index >= 15 is 0 Å². The largest absolute Gasteiger partial charge is 0.379 e. The van der Waals surface area contributed by atoms with Crippen LogP contribution in [-0.2, 0) is 14.8 Å². The Morgan fingerprint density at radius 1 is 1.20 bits per heavy atom. The first-order chi connectivity index (χ1) is 14.4. The predicted molar refractivity (Wildman–Crippen MR) is 117 cm³/mol. The number of hydrogen-bond donors (Lipinski definition) is 1. The average molecular weight is 453 g/mol. The Morgan fingerprint density at radius 3 is 2.50 bits per heavy atom. The average Bonchev–Trinajstić information content (AvgIpc) is 2.76. The van der Waals surface area contributed by atoms with Gasteiger partial charge in [0, 0.05) is 32.4 Å². The quantitative estimate of drug-likeness (QED) is 0.649. The second-order valence-corrected chi connectivity index (χ2v) is 9.02. The topological polar surface area (TPSA) is 91.8 Å². The molecule has 1 fully saturated rings. The van der Waals surface area contributed by atoms with E-state index in [1.54, 1.807) is 18.2 Å². The number of pyridine rings is 1. The first-order valence-corrected chi connectivity index (χ1v) is 11.6. The summed E-state index contributed by atoms with van der Waals surface area (Å²) in [5, 5.41) is 3.13. The van der Waals surface area contributed by atoms with Crippen LogP contribution in [0.25, 0.3) is 0 Å². The van der Waals surface area contributed by atoms with Gasteiger partial charge in [0.1, 0.15) is 5.15 Å². The molecule has 1 amide bonds. The van der Waals surface area contributed by atoms with Crippen molar-refractivity contribution < 1.29 is 17.9 Å². The van der Waals surface area contributed by atoms with Crippen LogP contribution in [-0.4, -0.2) is 63.0 Å². The van der Waals surface area contributed by atoms with E-state index < -0.39 is 15.9 Å². The lowest BCUT2D eigenvalue weighted by Crippen LogP contribution is -2.40. The van der Waals surface area contributed by atoms with Gasteiger partial charge >= 0.3 is 0 Å². The van der Waals surface area contributed by atoms with Crippen LogP contribution < -0.4 is 10.2 Å². The van der Waals surface area contributed by atoms with Crippen molar-refractivity contribution in [2.45, 2.75) is 18.7 Å². The monoisotopic (exact) mass is 452 g/mol. The van der Waals surface area contributed by atoms with Gasteiger partial charge in [-0.25, -0.2) is 13.4 Å². The molecule has 0 unspecified atom stereocenters. The number of nitrogens with one attached hydrogen (secondary N) is 1.